The van der Waals surface area contributed by atoms with E-state index in [2.05, 4.69) is 15.4 Å². The largest absolute Gasteiger partial charge is 0.466 e. The third kappa shape index (κ3) is 4.46. The zero-order valence-electron chi connectivity index (χ0n) is 11.5. The third-order valence-electron chi connectivity index (χ3n) is 2.44. The lowest BCUT2D eigenvalue weighted by Gasteiger charge is -2.11. The van der Waals surface area contributed by atoms with Gasteiger partial charge in [0.2, 0.25) is 0 Å². The van der Waals surface area contributed by atoms with Gasteiger partial charge < -0.3 is 15.4 Å². The van der Waals surface area contributed by atoms with E-state index >= 15 is 0 Å². The minimum atomic E-state index is -0.588. The second kappa shape index (κ2) is 6.58. The van der Waals surface area contributed by atoms with Crippen molar-refractivity contribution in [2.45, 2.75) is 13.8 Å². The van der Waals surface area contributed by atoms with E-state index in [9.17, 15) is 9.59 Å². The average molecular weight is 262 g/mol. The number of likely N-dealkylation sites (N-methyl/N-ethyl adjacent to an activating group) is 1. The molecule has 0 aliphatic heterocycles. The van der Waals surface area contributed by atoms with Gasteiger partial charge in [0.1, 0.15) is 5.70 Å². The molecular weight excluding hydrogens is 244 g/mol. The number of nitrogens with one attached hydrogen (secondary N) is 2. The van der Waals surface area contributed by atoms with Crippen molar-refractivity contribution in [1.29, 1.82) is 0 Å². The van der Waals surface area contributed by atoms with E-state index < -0.39 is 5.97 Å². The summed E-state index contributed by atoms with van der Waals surface area (Å²) in [6.07, 6.45) is 1.12. The summed E-state index contributed by atoms with van der Waals surface area (Å²) in [5.41, 5.74) is 3.02. The van der Waals surface area contributed by atoms with Crippen LogP contribution in [0.5, 0.6) is 0 Å². The minimum absolute atomic E-state index is 0.138. The van der Waals surface area contributed by atoms with E-state index in [0.29, 0.717) is 0 Å². The summed E-state index contributed by atoms with van der Waals surface area (Å²) in [6, 6.07) is 5.80. The number of esters is 1. The predicted octanol–water partition coefficient (Wildman–Crippen LogP) is 1.52. The van der Waals surface area contributed by atoms with Crippen LogP contribution in [-0.2, 0) is 14.3 Å². The van der Waals surface area contributed by atoms with E-state index in [1.165, 1.54) is 14.2 Å². The Balaban J connectivity index is 3.04. The molecule has 0 fully saturated rings. The monoisotopic (exact) mass is 262 g/mol. The Bertz CT molecular complexity index is 501. The SMILES string of the molecule is CNC(=O)/C(=C/C(=O)OC)Nc1cc(C)cc(C)c1. The zero-order valence-corrected chi connectivity index (χ0v) is 11.5. The zero-order chi connectivity index (χ0) is 14.4. The average Bonchev–Trinajstić information content (AvgIpc) is 2.35. The van der Waals surface area contributed by atoms with Crippen molar-refractivity contribution < 1.29 is 14.3 Å². The molecule has 0 saturated carbocycles. The van der Waals surface area contributed by atoms with Gasteiger partial charge in [0.25, 0.3) is 5.91 Å². The standard InChI is InChI=1S/C14H18N2O3/c1-9-5-10(2)7-11(6-9)16-12(14(18)15-3)8-13(17)19-4/h5-8,16H,1-4H3,(H,15,18)/b12-8-. The van der Waals surface area contributed by atoms with Gasteiger partial charge in [0.05, 0.1) is 13.2 Å². The van der Waals surface area contributed by atoms with Crippen LogP contribution in [-0.4, -0.2) is 26.0 Å². The lowest BCUT2D eigenvalue weighted by atomic mass is 10.1. The number of hydrogen-bond acceptors (Lipinski definition) is 4. The minimum Gasteiger partial charge on any atom is -0.466 e. The van der Waals surface area contributed by atoms with E-state index in [-0.39, 0.29) is 11.6 Å². The van der Waals surface area contributed by atoms with E-state index in [1.54, 1.807) is 0 Å². The number of ether oxygens (including phenoxy) is 1. The van der Waals surface area contributed by atoms with Gasteiger partial charge in [-0.15, -0.1) is 0 Å². The van der Waals surface area contributed by atoms with Gasteiger partial charge in [-0.2, -0.15) is 0 Å². The van der Waals surface area contributed by atoms with Crippen LogP contribution in [0.25, 0.3) is 0 Å². The Morgan fingerprint density at radius 1 is 1.16 bits per heavy atom. The number of benzene rings is 1. The highest BCUT2D eigenvalue weighted by Gasteiger charge is 2.11. The number of hydrogen-bond donors (Lipinski definition) is 2. The number of amides is 1. The topological polar surface area (TPSA) is 67.4 Å². The summed E-state index contributed by atoms with van der Waals surface area (Å²) in [4.78, 5) is 22.9. The molecule has 2 N–H and O–H groups in total. The van der Waals surface area contributed by atoms with E-state index in [1.807, 2.05) is 32.0 Å². The smallest absolute Gasteiger partial charge is 0.332 e. The molecule has 19 heavy (non-hydrogen) atoms. The lowest BCUT2D eigenvalue weighted by molar-refractivity contribution is -0.135. The fourth-order valence-electron chi connectivity index (χ4n) is 1.67. The molecule has 0 bridgehead atoms. The molecule has 5 nitrogen and oxygen atoms in total. The summed E-state index contributed by atoms with van der Waals surface area (Å²) < 4.78 is 4.53. The first-order valence-corrected chi connectivity index (χ1v) is 5.83. The normalized spacial score (nSPS) is 10.8. The number of carbonyl (C=O) groups excluding carboxylic acids is 2. The molecule has 102 valence electrons. The number of rotatable bonds is 4. The maximum absolute atomic E-state index is 11.7. The van der Waals surface area contributed by atoms with Crippen LogP contribution in [0.1, 0.15) is 11.1 Å². The molecule has 0 aliphatic rings. The molecule has 1 aromatic rings. The number of anilines is 1. The van der Waals surface area contributed by atoms with Gasteiger partial charge >= 0.3 is 5.97 Å². The Morgan fingerprint density at radius 2 is 1.74 bits per heavy atom. The van der Waals surface area contributed by atoms with Crippen molar-refractivity contribution in [1.82, 2.24) is 5.32 Å². The molecule has 0 atom stereocenters. The highest BCUT2D eigenvalue weighted by Crippen LogP contribution is 2.15. The fraction of sp³-hybridized carbons (Fsp3) is 0.286. The molecule has 1 amide bonds. The molecule has 0 saturated heterocycles. The quantitative estimate of drug-likeness (QED) is 0.637. The summed E-state index contributed by atoms with van der Waals surface area (Å²) in [5.74, 6) is -0.972. The van der Waals surface area contributed by atoms with Crippen molar-refractivity contribution in [3.8, 4) is 0 Å². The molecule has 0 aliphatic carbocycles. The van der Waals surface area contributed by atoms with Crippen LogP contribution in [0.3, 0.4) is 0 Å². The maximum Gasteiger partial charge on any atom is 0.332 e. The first-order chi connectivity index (χ1) is 8.96. The first kappa shape index (κ1) is 14.8. The number of methoxy groups -OCH3 is 1. The molecule has 0 aromatic heterocycles. The van der Waals surface area contributed by atoms with Crippen molar-refractivity contribution in [3.63, 3.8) is 0 Å². The molecule has 5 heteroatoms. The van der Waals surface area contributed by atoms with Crippen LogP contribution >= 0.6 is 0 Å². The van der Waals surface area contributed by atoms with Gasteiger partial charge in [-0.3, -0.25) is 4.79 Å². The summed E-state index contributed by atoms with van der Waals surface area (Å²) >= 11 is 0. The highest BCUT2D eigenvalue weighted by atomic mass is 16.5. The number of aryl methyl sites for hydroxylation is 2. The second-order valence-electron chi connectivity index (χ2n) is 4.16. The highest BCUT2D eigenvalue weighted by molar-refractivity contribution is 6.01. The van der Waals surface area contributed by atoms with Crippen LogP contribution in [0.2, 0.25) is 0 Å². The summed E-state index contributed by atoms with van der Waals surface area (Å²) in [7, 11) is 2.76. The van der Waals surface area contributed by atoms with Gasteiger partial charge in [-0.05, 0) is 37.1 Å². The second-order valence-corrected chi connectivity index (χ2v) is 4.16. The van der Waals surface area contributed by atoms with Gasteiger partial charge in [-0.1, -0.05) is 6.07 Å². The van der Waals surface area contributed by atoms with E-state index in [0.717, 1.165) is 22.9 Å². The van der Waals surface area contributed by atoms with Crippen LogP contribution < -0.4 is 10.6 Å². The van der Waals surface area contributed by atoms with Gasteiger partial charge in [-0.25, -0.2) is 4.79 Å². The van der Waals surface area contributed by atoms with Crippen molar-refractivity contribution in [2.75, 3.05) is 19.5 Å². The van der Waals surface area contributed by atoms with Gasteiger partial charge in [0, 0.05) is 12.7 Å². The van der Waals surface area contributed by atoms with Crippen molar-refractivity contribution >= 4 is 17.6 Å². The predicted molar refractivity (Wildman–Crippen MR) is 73.7 cm³/mol. The van der Waals surface area contributed by atoms with Crippen LogP contribution in [0.4, 0.5) is 5.69 Å². The fourth-order valence-corrected chi connectivity index (χ4v) is 1.67. The van der Waals surface area contributed by atoms with E-state index in [4.69, 9.17) is 0 Å². The molecule has 0 radical (unpaired) electrons. The number of carbonyl (C=O) groups is 2. The summed E-state index contributed by atoms with van der Waals surface area (Å²) in [5, 5.41) is 5.39. The molecule has 1 rings (SSSR count). The Kier molecular flexibility index (Phi) is 5.11. The third-order valence-corrected chi connectivity index (χ3v) is 2.44. The molecular formula is C14H18N2O3. The molecule has 0 unspecified atom stereocenters. The Hall–Kier alpha value is -2.30. The molecule has 1 aromatic carbocycles. The van der Waals surface area contributed by atoms with Crippen molar-refractivity contribution in [2.24, 2.45) is 0 Å². The van der Waals surface area contributed by atoms with Gasteiger partial charge in [0.15, 0.2) is 0 Å². The van der Waals surface area contributed by atoms with Crippen LogP contribution in [0.15, 0.2) is 30.0 Å². The van der Waals surface area contributed by atoms with Crippen LogP contribution in [0, 0.1) is 13.8 Å². The Labute approximate surface area is 112 Å². The molecule has 0 heterocycles. The lowest BCUT2D eigenvalue weighted by Crippen LogP contribution is -2.25. The maximum atomic E-state index is 11.7. The Morgan fingerprint density at radius 3 is 2.21 bits per heavy atom. The van der Waals surface area contributed by atoms with Crippen molar-refractivity contribution in [3.05, 3.63) is 41.1 Å². The summed E-state index contributed by atoms with van der Waals surface area (Å²) in [6.45, 7) is 3.92. The first-order valence-electron chi connectivity index (χ1n) is 5.83. The molecule has 0 spiro atoms.